The van der Waals surface area contributed by atoms with Crippen molar-refractivity contribution in [1.29, 1.82) is 0 Å². The summed E-state index contributed by atoms with van der Waals surface area (Å²) in [6.45, 7) is 17.8. The van der Waals surface area contributed by atoms with Gasteiger partial charge in [0, 0.05) is 8.07 Å². The monoisotopic (exact) mass is 486 g/mol. The van der Waals surface area contributed by atoms with E-state index in [0.717, 1.165) is 36.5 Å². The molecule has 2 aliphatic rings. The van der Waals surface area contributed by atoms with E-state index in [1.807, 2.05) is 0 Å². The zero-order valence-electron chi connectivity index (χ0n) is 19.2. The molecule has 0 heterocycles. The van der Waals surface area contributed by atoms with E-state index in [1.165, 1.54) is 20.8 Å². The standard InChI is InChI=1S/C13H26Si.C9H15F3O2.4CH4/c1-9-10(2)13-7-11(9)6-12(13)8-14(3,4)5;1-5-8(4,9(10,11)12)7(13)14-6(2)3;;;;/h9-13H,6-8H2,1-5H3;6H,5H2,1-4H3;4*1H4. The van der Waals surface area contributed by atoms with Crippen LogP contribution in [0.3, 0.4) is 0 Å². The normalized spacial score (nSPS) is 28.0. The van der Waals surface area contributed by atoms with Crippen molar-refractivity contribution >= 4 is 14.0 Å². The van der Waals surface area contributed by atoms with Gasteiger partial charge in [0.05, 0.1) is 6.10 Å². The minimum atomic E-state index is -4.56. The summed E-state index contributed by atoms with van der Waals surface area (Å²) in [5.41, 5.74) is -2.39. The average molecular weight is 487 g/mol. The molecule has 0 aromatic rings. The summed E-state index contributed by atoms with van der Waals surface area (Å²) < 4.78 is 42.1. The number of hydrogen-bond acceptors (Lipinski definition) is 2. The Bertz CT molecular complexity index is 526. The van der Waals surface area contributed by atoms with Crippen LogP contribution in [0.5, 0.6) is 0 Å². The zero-order chi connectivity index (χ0) is 22.1. The SMILES string of the molecule is C.C.C.C.CC1C2CC(C[Si](C)(C)C)C(C2)C1C.CCC(C)(C(=O)OC(C)C)C(F)(F)F. The van der Waals surface area contributed by atoms with Crippen LogP contribution in [0.15, 0.2) is 0 Å². The summed E-state index contributed by atoms with van der Waals surface area (Å²) in [6.07, 6.45) is -2.27. The summed E-state index contributed by atoms with van der Waals surface area (Å²) in [5.74, 6) is 4.14. The van der Waals surface area contributed by atoms with Gasteiger partial charge in [0.2, 0.25) is 0 Å². The Kier molecular flexibility index (Phi) is 17.0. The van der Waals surface area contributed by atoms with Crippen LogP contribution >= 0.6 is 0 Å². The number of halogens is 3. The highest BCUT2D eigenvalue weighted by molar-refractivity contribution is 6.76. The molecule has 2 bridgehead atoms. The van der Waals surface area contributed by atoms with Crippen LogP contribution in [0.25, 0.3) is 0 Å². The number of ether oxygens (including phenoxy) is 1. The van der Waals surface area contributed by atoms with Crippen molar-refractivity contribution in [2.75, 3.05) is 0 Å². The topological polar surface area (TPSA) is 26.3 Å². The number of rotatable bonds is 5. The Morgan fingerprint density at radius 3 is 1.75 bits per heavy atom. The predicted molar refractivity (Wildman–Crippen MR) is 139 cm³/mol. The molecule has 2 rings (SSSR count). The lowest BCUT2D eigenvalue weighted by molar-refractivity contribution is -0.232. The predicted octanol–water partition coefficient (Wildman–Crippen LogP) is 9.71. The highest BCUT2D eigenvalue weighted by Crippen LogP contribution is 2.56. The molecule has 2 saturated carbocycles. The quantitative estimate of drug-likeness (QED) is 0.285. The first-order chi connectivity index (χ1) is 12.5. The van der Waals surface area contributed by atoms with Crippen molar-refractivity contribution in [3.8, 4) is 0 Å². The molecule has 2 fully saturated rings. The summed E-state index contributed by atoms with van der Waals surface area (Å²) in [5, 5.41) is 0. The fourth-order valence-electron chi connectivity index (χ4n) is 4.92. The molecule has 0 N–H and O–H groups in total. The first-order valence-corrected chi connectivity index (χ1v) is 14.5. The lowest BCUT2D eigenvalue weighted by atomic mass is 9.76. The molecule has 198 valence electrons. The maximum absolute atomic E-state index is 12.5. The van der Waals surface area contributed by atoms with Crippen molar-refractivity contribution in [2.24, 2.45) is 35.0 Å². The summed E-state index contributed by atoms with van der Waals surface area (Å²) in [4.78, 5) is 11.2. The Hall–Kier alpha value is -0.523. The fourth-order valence-corrected chi connectivity index (χ4v) is 6.96. The molecule has 0 radical (unpaired) electrons. The smallest absolute Gasteiger partial charge is 0.404 e. The van der Waals surface area contributed by atoms with Gasteiger partial charge in [-0.25, -0.2) is 0 Å². The molecule has 0 aliphatic heterocycles. The third-order valence-corrected chi connectivity index (χ3v) is 8.78. The van der Waals surface area contributed by atoms with Crippen LogP contribution in [0.4, 0.5) is 13.2 Å². The molecule has 0 spiro atoms. The third kappa shape index (κ3) is 9.38. The first kappa shape index (κ1) is 38.7. The van der Waals surface area contributed by atoms with Crippen LogP contribution in [0, 0.1) is 35.0 Å². The molecule has 0 amide bonds. The zero-order valence-corrected chi connectivity index (χ0v) is 20.2. The van der Waals surface area contributed by atoms with Gasteiger partial charge in [-0.2, -0.15) is 13.2 Å². The average Bonchev–Trinajstić information content (AvgIpc) is 3.03. The van der Waals surface area contributed by atoms with E-state index in [-0.39, 0.29) is 36.1 Å². The maximum atomic E-state index is 12.5. The largest absolute Gasteiger partial charge is 0.462 e. The second-order valence-electron chi connectivity index (χ2n) is 10.8. The van der Waals surface area contributed by atoms with Crippen LogP contribution in [-0.4, -0.2) is 26.3 Å². The van der Waals surface area contributed by atoms with Gasteiger partial charge in [-0.05, 0) is 69.6 Å². The molecule has 0 saturated heterocycles. The number of alkyl halides is 3. The minimum Gasteiger partial charge on any atom is -0.462 e. The lowest BCUT2D eigenvalue weighted by Gasteiger charge is -2.34. The fraction of sp³-hybridized carbons (Fsp3) is 0.962. The molecule has 32 heavy (non-hydrogen) atoms. The van der Waals surface area contributed by atoms with E-state index in [2.05, 4.69) is 38.2 Å². The van der Waals surface area contributed by atoms with Gasteiger partial charge in [-0.15, -0.1) is 0 Å². The molecular formula is C26H57F3O2Si. The maximum Gasteiger partial charge on any atom is 0.404 e. The van der Waals surface area contributed by atoms with Gasteiger partial charge in [0.25, 0.3) is 0 Å². The second kappa shape index (κ2) is 14.0. The van der Waals surface area contributed by atoms with E-state index in [1.54, 1.807) is 18.9 Å². The first-order valence-electron chi connectivity index (χ1n) is 10.8. The van der Waals surface area contributed by atoms with E-state index < -0.39 is 31.7 Å². The second-order valence-corrected chi connectivity index (χ2v) is 16.3. The molecule has 6 unspecified atom stereocenters. The number of carbonyl (C=O) groups is 1. The Morgan fingerprint density at radius 1 is 1.00 bits per heavy atom. The number of esters is 1. The van der Waals surface area contributed by atoms with Gasteiger partial charge in [0.1, 0.15) is 0 Å². The molecule has 0 aromatic carbocycles. The summed E-state index contributed by atoms with van der Waals surface area (Å²) >= 11 is 0. The Labute approximate surface area is 200 Å². The van der Waals surface area contributed by atoms with Crippen LogP contribution in [-0.2, 0) is 9.53 Å². The summed E-state index contributed by atoms with van der Waals surface area (Å²) in [6, 6.07) is 1.59. The molecule has 2 aliphatic carbocycles. The Morgan fingerprint density at radius 2 is 1.47 bits per heavy atom. The molecule has 0 aromatic heterocycles. The third-order valence-electron chi connectivity index (χ3n) is 7.03. The Balaban J connectivity index is -0.000000218. The number of carbonyl (C=O) groups excluding carboxylic acids is 1. The van der Waals surface area contributed by atoms with Gasteiger partial charge >= 0.3 is 12.1 Å². The van der Waals surface area contributed by atoms with Gasteiger partial charge in [-0.1, -0.05) is 76.2 Å². The van der Waals surface area contributed by atoms with E-state index >= 15 is 0 Å². The van der Waals surface area contributed by atoms with E-state index in [4.69, 9.17) is 0 Å². The van der Waals surface area contributed by atoms with Crippen molar-refractivity contribution in [1.82, 2.24) is 0 Å². The molecule has 6 heteroatoms. The number of hydrogen-bond donors (Lipinski definition) is 0. The van der Waals surface area contributed by atoms with Crippen molar-refractivity contribution in [2.45, 2.75) is 128 Å². The molecule has 2 nitrogen and oxygen atoms in total. The van der Waals surface area contributed by atoms with E-state index in [0.29, 0.717) is 0 Å². The van der Waals surface area contributed by atoms with Crippen LogP contribution < -0.4 is 0 Å². The van der Waals surface area contributed by atoms with Crippen molar-refractivity contribution < 1.29 is 22.7 Å². The lowest BCUT2D eigenvalue weighted by Crippen LogP contribution is -2.43. The van der Waals surface area contributed by atoms with Gasteiger partial charge in [0.15, 0.2) is 5.41 Å². The van der Waals surface area contributed by atoms with Crippen molar-refractivity contribution in [3.05, 3.63) is 0 Å². The highest BCUT2D eigenvalue weighted by atomic mass is 28.3. The van der Waals surface area contributed by atoms with Crippen LogP contribution in [0.2, 0.25) is 25.7 Å². The van der Waals surface area contributed by atoms with Gasteiger partial charge in [-0.3, -0.25) is 4.79 Å². The molecule has 6 atom stereocenters. The van der Waals surface area contributed by atoms with Crippen molar-refractivity contribution in [3.63, 3.8) is 0 Å². The van der Waals surface area contributed by atoms with E-state index in [9.17, 15) is 18.0 Å². The summed E-state index contributed by atoms with van der Waals surface area (Å²) in [7, 11) is -0.811. The van der Waals surface area contributed by atoms with Crippen LogP contribution in [0.1, 0.15) is 90.5 Å². The highest BCUT2D eigenvalue weighted by Gasteiger charge is 2.56. The number of fused-ring (bicyclic) bond motifs is 2. The van der Waals surface area contributed by atoms with Gasteiger partial charge < -0.3 is 4.74 Å². The minimum absolute atomic E-state index is 0. The molecular weight excluding hydrogens is 429 g/mol.